The third kappa shape index (κ3) is 2.95. The third-order valence-electron chi connectivity index (χ3n) is 2.55. The van der Waals surface area contributed by atoms with Crippen molar-refractivity contribution in [2.24, 2.45) is 5.92 Å². The van der Waals surface area contributed by atoms with Crippen LogP contribution in [-0.4, -0.2) is 6.61 Å². The quantitative estimate of drug-likeness (QED) is 0.729. The van der Waals surface area contributed by atoms with E-state index in [0.717, 1.165) is 30.9 Å². The maximum Gasteiger partial charge on any atom is 0.142 e. The zero-order valence-corrected chi connectivity index (χ0v) is 8.99. The molecule has 1 aromatic carbocycles. The van der Waals surface area contributed by atoms with Gasteiger partial charge in [0.2, 0.25) is 0 Å². The van der Waals surface area contributed by atoms with Crippen LogP contribution in [0.5, 0.6) is 5.75 Å². The van der Waals surface area contributed by atoms with E-state index in [1.165, 1.54) is 0 Å². The first kappa shape index (κ1) is 10.9. The van der Waals surface area contributed by atoms with Crippen molar-refractivity contribution in [3.8, 4) is 5.75 Å². The standard InChI is InChI=1S/C12H19NO/c1-3-10(4-2)9-14-12-8-6-5-7-11(12)13/h5-8,10H,3-4,9,13H2,1-2H3. The Balaban J connectivity index is 2.49. The van der Waals surface area contributed by atoms with Crippen molar-refractivity contribution >= 4 is 5.69 Å². The molecule has 0 amide bonds. The van der Waals surface area contributed by atoms with Gasteiger partial charge < -0.3 is 10.5 Å². The lowest BCUT2D eigenvalue weighted by molar-refractivity contribution is 0.242. The number of nitrogen functional groups attached to an aromatic ring is 1. The van der Waals surface area contributed by atoms with Crippen LogP contribution in [0.2, 0.25) is 0 Å². The molecule has 2 nitrogen and oxygen atoms in total. The molecule has 0 radical (unpaired) electrons. The fraction of sp³-hybridized carbons (Fsp3) is 0.500. The lowest BCUT2D eigenvalue weighted by atomic mass is 10.1. The number of hydrogen-bond acceptors (Lipinski definition) is 2. The second-order valence-electron chi connectivity index (χ2n) is 3.53. The van der Waals surface area contributed by atoms with E-state index in [9.17, 15) is 0 Å². The predicted molar refractivity (Wildman–Crippen MR) is 60.4 cm³/mol. The Labute approximate surface area is 86.1 Å². The molecule has 0 fully saturated rings. The van der Waals surface area contributed by atoms with Crippen molar-refractivity contribution in [2.75, 3.05) is 12.3 Å². The molecule has 0 aliphatic heterocycles. The van der Waals surface area contributed by atoms with Crippen molar-refractivity contribution in [3.05, 3.63) is 24.3 Å². The highest BCUT2D eigenvalue weighted by atomic mass is 16.5. The number of nitrogens with two attached hydrogens (primary N) is 1. The zero-order valence-electron chi connectivity index (χ0n) is 8.99. The van der Waals surface area contributed by atoms with Gasteiger partial charge in [0.25, 0.3) is 0 Å². The van der Waals surface area contributed by atoms with Gasteiger partial charge in [-0.05, 0) is 18.1 Å². The molecule has 0 heterocycles. The molecule has 0 aliphatic rings. The SMILES string of the molecule is CCC(CC)COc1ccccc1N. The Morgan fingerprint density at radius 1 is 1.21 bits per heavy atom. The summed E-state index contributed by atoms with van der Waals surface area (Å²) in [6.07, 6.45) is 2.31. The topological polar surface area (TPSA) is 35.2 Å². The van der Waals surface area contributed by atoms with Gasteiger partial charge in [-0.3, -0.25) is 0 Å². The minimum Gasteiger partial charge on any atom is -0.491 e. The van der Waals surface area contributed by atoms with Crippen molar-refractivity contribution in [3.63, 3.8) is 0 Å². The molecule has 2 heteroatoms. The smallest absolute Gasteiger partial charge is 0.142 e. The molecule has 0 saturated carbocycles. The molecular weight excluding hydrogens is 174 g/mol. The van der Waals surface area contributed by atoms with Crippen LogP contribution in [0.1, 0.15) is 26.7 Å². The van der Waals surface area contributed by atoms with Crippen molar-refractivity contribution in [1.29, 1.82) is 0 Å². The third-order valence-corrected chi connectivity index (χ3v) is 2.55. The van der Waals surface area contributed by atoms with Gasteiger partial charge >= 0.3 is 0 Å². The summed E-state index contributed by atoms with van der Waals surface area (Å²) in [5.41, 5.74) is 6.49. The van der Waals surface area contributed by atoms with Crippen LogP contribution in [0.3, 0.4) is 0 Å². The van der Waals surface area contributed by atoms with E-state index >= 15 is 0 Å². The minimum atomic E-state index is 0.634. The Morgan fingerprint density at radius 3 is 2.43 bits per heavy atom. The number of para-hydroxylation sites is 2. The van der Waals surface area contributed by atoms with Gasteiger partial charge in [-0.15, -0.1) is 0 Å². The fourth-order valence-electron chi connectivity index (χ4n) is 1.34. The Morgan fingerprint density at radius 2 is 1.86 bits per heavy atom. The maximum absolute atomic E-state index is 5.76. The molecule has 1 aromatic rings. The first-order valence-corrected chi connectivity index (χ1v) is 5.25. The molecule has 0 spiro atoms. The number of rotatable bonds is 5. The maximum atomic E-state index is 5.76. The van der Waals surface area contributed by atoms with Crippen LogP contribution in [0.15, 0.2) is 24.3 Å². The molecular formula is C12H19NO. The number of ether oxygens (including phenoxy) is 1. The minimum absolute atomic E-state index is 0.634. The summed E-state index contributed by atoms with van der Waals surface area (Å²) in [4.78, 5) is 0. The molecule has 0 aliphatic carbocycles. The molecule has 0 unspecified atom stereocenters. The molecule has 2 N–H and O–H groups in total. The largest absolute Gasteiger partial charge is 0.491 e. The second-order valence-corrected chi connectivity index (χ2v) is 3.53. The molecule has 78 valence electrons. The summed E-state index contributed by atoms with van der Waals surface area (Å²) in [6.45, 7) is 5.14. The predicted octanol–water partition coefficient (Wildman–Crippen LogP) is 3.08. The van der Waals surface area contributed by atoms with E-state index in [1.807, 2.05) is 24.3 Å². The second kappa shape index (κ2) is 5.53. The van der Waals surface area contributed by atoms with Crippen LogP contribution < -0.4 is 10.5 Å². The highest BCUT2D eigenvalue weighted by Gasteiger charge is 2.05. The van der Waals surface area contributed by atoms with Crippen LogP contribution >= 0.6 is 0 Å². The van der Waals surface area contributed by atoms with E-state index in [2.05, 4.69) is 13.8 Å². The molecule has 14 heavy (non-hydrogen) atoms. The monoisotopic (exact) mass is 193 g/mol. The fourth-order valence-corrected chi connectivity index (χ4v) is 1.34. The normalized spacial score (nSPS) is 10.5. The van der Waals surface area contributed by atoms with Crippen molar-refractivity contribution in [2.45, 2.75) is 26.7 Å². The average Bonchev–Trinajstić information content (AvgIpc) is 2.22. The van der Waals surface area contributed by atoms with Gasteiger partial charge in [0.1, 0.15) is 5.75 Å². The summed E-state index contributed by atoms with van der Waals surface area (Å²) in [5.74, 6) is 1.44. The molecule has 1 rings (SSSR count). The molecule has 0 atom stereocenters. The number of hydrogen-bond donors (Lipinski definition) is 1. The highest BCUT2D eigenvalue weighted by molar-refractivity contribution is 5.51. The highest BCUT2D eigenvalue weighted by Crippen LogP contribution is 2.21. The first-order valence-electron chi connectivity index (χ1n) is 5.25. The zero-order chi connectivity index (χ0) is 10.4. The average molecular weight is 193 g/mol. The summed E-state index contributed by atoms with van der Waals surface area (Å²) in [5, 5.41) is 0. The number of anilines is 1. The van der Waals surface area contributed by atoms with Gasteiger partial charge in [0.05, 0.1) is 12.3 Å². The van der Waals surface area contributed by atoms with Gasteiger partial charge in [-0.25, -0.2) is 0 Å². The van der Waals surface area contributed by atoms with E-state index in [0.29, 0.717) is 5.92 Å². The van der Waals surface area contributed by atoms with Crippen molar-refractivity contribution < 1.29 is 4.74 Å². The lowest BCUT2D eigenvalue weighted by Gasteiger charge is -2.14. The summed E-state index contributed by atoms with van der Waals surface area (Å²) in [6, 6.07) is 7.64. The Kier molecular flexibility index (Phi) is 4.30. The van der Waals surface area contributed by atoms with E-state index in [4.69, 9.17) is 10.5 Å². The first-order chi connectivity index (χ1) is 6.77. The Bertz CT molecular complexity index is 269. The Hall–Kier alpha value is -1.18. The van der Waals surface area contributed by atoms with E-state index < -0.39 is 0 Å². The van der Waals surface area contributed by atoms with E-state index in [-0.39, 0.29) is 0 Å². The van der Waals surface area contributed by atoms with Gasteiger partial charge in [-0.2, -0.15) is 0 Å². The molecule has 0 bridgehead atoms. The summed E-state index contributed by atoms with van der Waals surface area (Å²) >= 11 is 0. The summed E-state index contributed by atoms with van der Waals surface area (Å²) in [7, 11) is 0. The number of benzene rings is 1. The summed E-state index contributed by atoms with van der Waals surface area (Å²) < 4.78 is 5.66. The van der Waals surface area contributed by atoms with Crippen LogP contribution in [-0.2, 0) is 0 Å². The van der Waals surface area contributed by atoms with Gasteiger partial charge in [-0.1, -0.05) is 38.8 Å². The van der Waals surface area contributed by atoms with Crippen LogP contribution in [0.4, 0.5) is 5.69 Å². The van der Waals surface area contributed by atoms with Crippen molar-refractivity contribution in [1.82, 2.24) is 0 Å². The van der Waals surface area contributed by atoms with E-state index in [1.54, 1.807) is 0 Å². The van der Waals surface area contributed by atoms with Crippen LogP contribution in [0, 0.1) is 5.92 Å². The lowest BCUT2D eigenvalue weighted by Crippen LogP contribution is -2.10. The molecule has 0 aromatic heterocycles. The van der Waals surface area contributed by atoms with Gasteiger partial charge in [0, 0.05) is 0 Å². The van der Waals surface area contributed by atoms with Gasteiger partial charge in [0.15, 0.2) is 0 Å². The molecule has 0 saturated heterocycles. The van der Waals surface area contributed by atoms with Crippen LogP contribution in [0.25, 0.3) is 0 Å².